The maximum absolute atomic E-state index is 4.25. The molecular formula is C8H11N5. The van der Waals surface area contributed by atoms with E-state index in [2.05, 4.69) is 15.2 Å². The molecule has 5 heteroatoms. The number of rotatable bonds is 2. The first kappa shape index (κ1) is 7.97. The van der Waals surface area contributed by atoms with Crippen LogP contribution in [0.5, 0.6) is 0 Å². The number of hydrogen-bond acceptors (Lipinski definition) is 3. The highest BCUT2D eigenvalue weighted by atomic mass is 15.3. The van der Waals surface area contributed by atoms with E-state index in [1.54, 1.807) is 11.0 Å². The molecule has 0 saturated carbocycles. The van der Waals surface area contributed by atoms with Crippen LogP contribution in [0.3, 0.4) is 0 Å². The average molecular weight is 177 g/mol. The van der Waals surface area contributed by atoms with Gasteiger partial charge in [0, 0.05) is 7.05 Å². The summed E-state index contributed by atoms with van der Waals surface area (Å²) in [4.78, 5) is 3.88. The molecule has 0 aliphatic carbocycles. The van der Waals surface area contributed by atoms with Crippen molar-refractivity contribution in [2.45, 2.75) is 13.5 Å². The highest BCUT2D eigenvalue weighted by Gasteiger charge is 2.02. The molecule has 5 nitrogen and oxygen atoms in total. The summed E-state index contributed by atoms with van der Waals surface area (Å²) >= 11 is 0. The Morgan fingerprint density at radius 1 is 1.46 bits per heavy atom. The molecule has 2 aromatic rings. The quantitative estimate of drug-likeness (QED) is 0.665. The smallest absolute Gasteiger partial charge is 0.137 e. The summed E-state index contributed by atoms with van der Waals surface area (Å²) in [5.41, 5.74) is 2.15. The summed E-state index contributed by atoms with van der Waals surface area (Å²) in [7, 11) is 1.93. The van der Waals surface area contributed by atoms with Gasteiger partial charge in [0.2, 0.25) is 0 Å². The third-order valence-electron chi connectivity index (χ3n) is 1.89. The van der Waals surface area contributed by atoms with E-state index in [4.69, 9.17) is 0 Å². The lowest BCUT2D eigenvalue weighted by Gasteiger charge is -1.99. The van der Waals surface area contributed by atoms with Crippen LogP contribution in [0.1, 0.15) is 11.4 Å². The molecule has 0 spiro atoms. The van der Waals surface area contributed by atoms with Crippen molar-refractivity contribution in [3.05, 3.63) is 30.1 Å². The summed E-state index contributed by atoms with van der Waals surface area (Å²) in [6.45, 7) is 2.70. The zero-order chi connectivity index (χ0) is 9.26. The number of aryl methyl sites for hydroxylation is 2. The summed E-state index contributed by atoms with van der Waals surface area (Å²) in [6, 6.07) is 2.04. The van der Waals surface area contributed by atoms with Crippen molar-refractivity contribution in [2.24, 2.45) is 7.05 Å². The van der Waals surface area contributed by atoms with E-state index in [9.17, 15) is 0 Å². The van der Waals surface area contributed by atoms with E-state index >= 15 is 0 Å². The second-order valence-electron chi connectivity index (χ2n) is 2.99. The van der Waals surface area contributed by atoms with Crippen LogP contribution in [0.15, 0.2) is 18.7 Å². The molecule has 13 heavy (non-hydrogen) atoms. The molecular weight excluding hydrogens is 166 g/mol. The standard InChI is InChI=1S/C8H11N5/c1-7-3-8(12(2)11-7)4-13-6-9-5-10-13/h3,5-6H,4H2,1-2H3. The lowest BCUT2D eigenvalue weighted by molar-refractivity contribution is 0.617. The summed E-state index contributed by atoms with van der Waals surface area (Å²) < 4.78 is 3.63. The van der Waals surface area contributed by atoms with Crippen molar-refractivity contribution in [2.75, 3.05) is 0 Å². The van der Waals surface area contributed by atoms with Crippen LogP contribution >= 0.6 is 0 Å². The van der Waals surface area contributed by atoms with Gasteiger partial charge in [-0.15, -0.1) is 0 Å². The first-order valence-corrected chi connectivity index (χ1v) is 4.07. The van der Waals surface area contributed by atoms with E-state index in [0.717, 1.165) is 17.9 Å². The van der Waals surface area contributed by atoms with Gasteiger partial charge in [-0.3, -0.25) is 4.68 Å². The molecule has 2 aromatic heterocycles. The first-order chi connectivity index (χ1) is 6.25. The van der Waals surface area contributed by atoms with Gasteiger partial charge in [-0.2, -0.15) is 10.2 Å². The van der Waals surface area contributed by atoms with Crippen molar-refractivity contribution in [3.8, 4) is 0 Å². The normalized spacial score (nSPS) is 10.6. The predicted octanol–water partition coefficient (Wildman–Crippen LogP) is 0.368. The number of hydrogen-bond donors (Lipinski definition) is 0. The maximum Gasteiger partial charge on any atom is 0.137 e. The minimum Gasteiger partial charge on any atom is -0.270 e. The lowest BCUT2D eigenvalue weighted by Crippen LogP contribution is -2.05. The van der Waals surface area contributed by atoms with Crippen molar-refractivity contribution in [3.63, 3.8) is 0 Å². The van der Waals surface area contributed by atoms with Crippen LogP contribution in [-0.2, 0) is 13.6 Å². The Bertz CT molecular complexity index is 387. The fourth-order valence-corrected chi connectivity index (χ4v) is 1.29. The van der Waals surface area contributed by atoms with E-state index in [1.807, 2.05) is 24.7 Å². The van der Waals surface area contributed by atoms with Gasteiger partial charge in [0.15, 0.2) is 0 Å². The zero-order valence-corrected chi connectivity index (χ0v) is 7.68. The van der Waals surface area contributed by atoms with Crippen LogP contribution in [0.25, 0.3) is 0 Å². The van der Waals surface area contributed by atoms with Gasteiger partial charge in [-0.25, -0.2) is 9.67 Å². The molecule has 0 unspecified atom stereocenters. The van der Waals surface area contributed by atoms with Gasteiger partial charge in [0.05, 0.1) is 17.9 Å². The lowest BCUT2D eigenvalue weighted by atomic mass is 10.4. The molecule has 2 rings (SSSR count). The fourth-order valence-electron chi connectivity index (χ4n) is 1.29. The summed E-state index contributed by atoms with van der Waals surface area (Å²) in [5.74, 6) is 0. The molecule has 0 amide bonds. The Morgan fingerprint density at radius 3 is 2.85 bits per heavy atom. The van der Waals surface area contributed by atoms with E-state index < -0.39 is 0 Å². The minimum atomic E-state index is 0.720. The second kappa shape index (κ2) is 3.01. The molecule has 0 aliphatic rings. The van der Waals surface area contributed by atoms with Crippen LogP contribution < -0.4 is 0 Å². The molecule has 0 aliphatic heterocycles. The highest BCUT2D eigenvalue weighted by molar-refractivity contribution is 5.08. The van der Waals surface area contributed by atoms with Crippen molar-refractivity contribution in [1.82, 2.24) is 24.5 Å². The van der Waals surface area contributed by atoms with Gasteiger partial charge >= 0.3 is 0 Å². The van der Waals surface area contributed by atoms with Gasteiger partial charge in [0.1, 0.15) is 12.7 Å². The van der Waals surface area contributed by atoms with Crippen molar-refractivity contribution >= 4 is 0 Å². The van der Waals surface area contributed by atoms with Gasteiger partial charge in [0.25, 0.3) is 0 Å². The van der Waals surface area contributed by atoms with Crippen molar-refractivity contribution in [1.29, 1.82) is 0 Å². The molecule has 68 valence electrons. The first-order valence-electron chi connectivity index (χ1n) is 4.07. The third kappa shape index (κ3) is 1.58. The Balaban J connectivity index is 2.23. The van der Waals surface area contributed by atoms with E-state index in [1.165, 1.54) is 6.33 Å². The summed E-state index contributed by atoms with van der Waals surface area (Å²) in [6.07, 6.45) is 3.23. The second-order valence-corrected chi connectivity index (χ2v) is 2.99. The Kier molecular flexibility index (Phi) is 1.84. The van der Waals surface area contributed by atoms with Crippen molar-refractivity contribution < 1.29 is 0 Å². The van der Waals surface area contributed by atoms with Crippen LogP contribution in [0.4, 0.5) is 0 Å². The minimum absolute atomic E-state index is 0.720. The number of aromatic nitrogens is 5. The zero-order valence-electron chi connectivity index (χ0n) is 7.68. The molecule has 0 saturated heterocycles. The van der Waals surface area contributed by atoms with Crippen LogP contribution in [-0.4, -0.2) is 24.5 Å². The number of nitrogens with zero attached hydrogens (tertiary/aromatic N) is 5. The molecule has 0 radical (unpaired) electrons. The van der Waals surface area contributed by atoms with Gasteiger partial charge < -0.3 is 0 Å². The monoisotopic (exact) mass is 177 g/mol. The molecule has 0 fully saturated rings. The van der Waals surface area contributed by atoms with Gasteiger partial charge in [-0.05, 0) is 13.0 Å². The molecule has 0 N–H and O–H groups in total. The predicted molar refractivity (Wildman–Crippen MR) is 47.1 cm³/mol. The van der Waals surface area contributed by atoms with Crippen LogP contribution in [0.2, 0.25) is 0 Å². The Labute approximate surface area is 76.0 Å². The maximum atomic E-state index is 4.25. The molecule has 0 atom stereocenters. The SMILES string of the molecule is Cc1cc(Cn2cncn2)n(C)n1. The van der Waals surface area contributed by atoms with Gasteiger partial charge in [-0.1, -0.05) is 0 Å². The largest absolute Gasteiger partial charge is 0.270 e. The molecule has 0 bridgehead atoms. The summed E-state index contributed by atoms with van der Waals surface area (Å²) in [5, 5.41) is 8.27. The third-order valence-corrected chi connectivity index (χ3v) is 1.89. The fraction of sp³-hybridized carbons (Fsp3) is 0.375. The highest BCUT2D eigenvalue weighted by Crippen LogP contribution is 2.02. The van der Waals surface area contributed by atoms with E-state index in [-0.39, 0.29) is 0 Å². The molecule has 0 aromatic carbocycles. The Hall–Kier alpha value is -1.65. The van der Waals surface area contributed by atoms with Crippen LogP contribution in [0, 0.1) is 6.92 Å². The average Bonchev–Trinajstić information content (AvgIpc) is 2.63. The Morgan fingerprint density at radius 2 is 2.31 bits per heavy atom. The van der Waals surface area contributed by atoms with E-state index in [0.29, 0.717) is 0 Å². The topological polar surface area (TPSA) is 48.5 Å². The molecule has 2 heterocycles.